The van der Waals surface area contributed by atoms with E-state index in [1.54, 1.807) is 6.33 Å². The number of nitrogen functional groups attached to an aromatic ring is 1. The molecule has 3 N–H and O–H groups in total. The Hall–Kier alpha value is -2.15. The summed E-state index contributed by atoms with van der Waals surface area (Å²) in [6, 6.07) is 0. The molecule has 0 spiro atoms. The molecule has 0 saturated carbocycles. The van der Waals surface area contributed by atoms with Gasteiger partial charge in [0, 0.05) is 31.0 Å². The molecule has 1 aliphatic heterocycles. The van der Waals surface area contributed by atoms with Crippen molar-refractivity contribution in [2.24, 2.45) is 5.84 Å². The Balaban J connectivity index is 1.95. The van der Waals surface area contributed by atoms with Crippen molar-refractivity contribution in [1.82, 2.24) is 19.5 Å². The largest absolute Gasteiger partial charge is 0.347 e. The highest BCUT2D eigenvalue weighted by Gasteiger charge is 2.21. The van der Waals surface area contributed by atoms with Crippen LogP contribution in [0, 0.1) is 0 Å². The van der Waals surface area contributed by atoms with Gasteiger partial charge in [-0.05, 0) is 6.42 Å². The number of aromatic nitrogens is 4. The topological polar surface area (TPSA) is 84.9 Å². The van der Waals surface area contributed by atoms with E-state index in [0.29, 0.717) is 5.82 Å². The van der Waals surface area contributed by atoms with Crippen LogP contribution in [0.5, 0.6) is 0 Å². The third-order valence-electron chi connectivity index (χ3n) is 3.46. The van der Waals surface area contributed by atoms with Crippen molar-refractivity contribution in [2.75, 3.05) is 16.9 Å². The summed E-state index contributed by atoms with van der Waals surface area (Å²) in [5, 5.41) is 0. The first-order valence-electron chi connectivity index (χ1n) is 6.39. The third-order valence-corrected chi connectivity index (χ3v) is 3.46. The summed E-state index contributed by atoms with van der Waals surface area (Å²) in [7, 11) is 0. The average Bonchev–Trinajstić information content (AvgIpc) is 2.93. The lowest BCUT2D eigenvalue weighted by molar-refractivity contribution is 0.554. The smallest absolute Gasteiger partial charge is 0.148 e. The molecule has 0 unspecified atom stereocenters. The molecule has 0 amide bonds. The number of rotatable bonds is 3. The van der Waals surface area contributed by atoms with Crippen molar-refractivity contribution in [2.45, 2.75) is 26.4 Å². The Morgan fingerprint density at radius 3 is 3.00 bits per heavy atom. The van der Waals surface area contributed by atoms with E-state index in [0.717, 1.165) is 43.3 Å². The van der Waals surface area contributed by atoms with Crippen molar-refractivity contribution in [1.29, 1.82) is 0 Å². The number of imidazole rings is 1. The lowest BCUT2D eigenvalue weighted by Crippen LogP contribution is -2.35. The average molecular weight is 259 g/mol. The van der Waals surface area contributed by atoms with Gasteiger partial charge in [0.1, 0.15) is 23.8 Å². The van der Waals surface area contributed by atoms with Crippen molar-refractivity contribution < 1.29 is 0 Å². The fraction of sp³-hybridized carbons (Fsp3) is 0.417. The number of fused-ring (bicyclic) bond motifs is 1. The monoisotopic (exact) mass is 259 g/mol. The highest BCUT2D eigenvalue weighted by Crippen LogP contribution is 2.26. The van der Waals surface area contributed by atoms with E-state index in [1.165, 1.54) is 0 Å². The van der Waals surface area contributed by atoms with Crippen LogP contribution in [0.3, 0.4) is 0 Å². The molecule has 19 heavy (non-hydrogen) atoms. The minimum atomic E-state index is 0.696. The van der Waals surface area contributed by atoms with Gasteiger partial charge in [0.25, 0.3) is 0 Å². The molecule has 0 atom stereocenters. The quantitative estimate of drug-likeness (QED) is 0.618. The van der Waals surface area contributed by atoms with Crippen LogP contribution in [0.2, 0.25) is 0 Å². The summed E-state index contributed by atoms with van der Waals surface area (Å²) < 4.78 is 2.17. The fourth-order valence-corrected chi connectivity index (χ4v) is 2.48. The standard InChI is InChI=1S/C12H17N7/c1-2-9-11(17-13)15-8-16-12(9)19-6-5-18-4-3-14-10(18)7-19/h3-4,8H,2,5-7,13H2,1H3,(H,15,16,17). The summed E-state index contributed by atoms with van der Waals surface area (Å²) in [6.45, 7) is 4.68. The molecule has 0 fully saturated rings. The van der Waals surface area contributed by atoms with Crippen LogP contribution < -0.4 is 16.2 Å². The van der Waals surface area contributed by atoms with Crippen LogP contribution in [-0.2, 0) is 19.5 Å². The number of anilines is 2. The molecule has 0 aliphatic carbocycles. The van der Waals surface area contributed by atoms with E-state index in [-0.39, 0.29) is 0 Å². The van der Waals surface area contributed by atoms with E-state index in [4.69, 9.17) is 5.84 Å². The molecule has 0 aromatic carbocycles. The molecule has 0 saturated heterocycles. The number of nitrogens with two attached hydrogens (primary N) is 1. The molecular formula is C12H17N7. The second-order valence-electron chi connectivity index (χ2n) is 4.48. The summed E-state index contributed by atoms with van der Waals surface area (Å²) in [6.07, 6.45) is 6.23. The maximum atomic E-state index is 5.51. The van der Waals surface area contributed by atoms with Gasteiger partial charge < -0.3 is 14.9 Å². The van der Waals surface area contributed by atoms with E-state index in [9.17, 15) is 0 Å². The van der Waals surface area contributed by atoms with Crippen molar-refractivity contribution in [3.05, 3.63) is 30.1 Å². The molecule has 100 valence electrons. The first-order chi connectivity index (χ1) is 9.33. The van der Waals surface area contributed by atoms with Gasteiger partial charge in [0.05, 0.1) is 6.54 Å². The summed E-state index contributed by atoms with van der Waals surface area (Å²) in [5.74, 6) is 8.21. The van der Waals surface area contributed by atoms with Gasteiger partial charge in [0.15, 0.2) is 0 Å². The van der Waals surface area contributed by atoms with E-state index in [2.05, 4.69) is 36.8 Å². The van der Waals surface area contributed by atoms with Gasteiger partial charge in [-0.2, -0.15) is 0 Å². The second kappa shape index (κ2) is 4.85. The summed E-state index contributed by atoms with van der Waals surface area (Å²) >= 11 is 0. The Bertz CT molecular complexity index is 577. The van der Waals surface area contributed by atoms with Crippen LogP contribution in [0.15, 0.2) is 18.7 Å². The first kappa shape index (κ1) is 11.9. The maximum absolute atomic E-state index is 5.51. The van der Waals surface area contributed by atoms with Gasteiger partial charge in [-0.15, -0.1) is 0 Å². The summed E-state index contributed by atoms with van der Waals surface area (Å²) in [4.78, 5) is 15.2. The predicted octanol–water partition coefficient (Wildman–Crippen LogP) is 0.541. The Morgan fingerprint density at radius 1 is 1.32 bits per heavy atom. The first-order valence-corrected chi connectivity index (χ1v) is 6.39. The molecule has 3 rings (SSSR count). The van der Waals surface area contributed by atoms with Crippen LogP contribution in [-0.4, -0.2) is 26.1 Å². The number of hydrazine groups is 1. The highest BCUT2D eigenvalue weighted by atomic mass is 15.3. The van der Waals surface area contributed by atoms with Gasteiger partial charge in [-0.25, -0.2) is 20.8 Å². The van der Waals surface area contributed by atoms with Crippen molar-refractivity contribution in [3.63, 3.8) is 0 Å². The van der Waals surface area contributed by atoms with Crippen LogP contribution in [0.1, 0.15) is 18.3 Å². The number of nitrogens with zero attached hydrogens (tertiary/aromatic N) is 5. The number of hydrogen-bond donors (Lipinski definition) is 2. The zero-order valence-electron chi connectivity index (χ0n) is 10.9. The molecule has 0 radical (unpaired) electrons. The lowest BCUT2D eigenvalue weighted by Gasteiger charge is -2.30. The van der Waals surface area contributed by atoms with Crippen LogP contribution in [0.25, 0.3) is 0 Å². The molecule has 1 aliphatic rings. The van der Waals surface area contributed by atoms with E-state index < -0.39 is 0 Å². The Kier molecular flexibility index (Phi) is 3.04. The van der Waals surface area contributed by atoms with Crippen LogP contribution >= 0.6 is 0 Å². The number of nitrogens with one attached hydrogen (secondary N) is 1. The van der Waals surface area contributed by atoms with E-state index in [1.807, 2.05) is 12.4 Å². The Labute approximate surface area is 111 Å². The van der Waals surface area contributed by atoms with E-state index >= 15 is 0 Å². The van der Waals surface area contributed by atoms with Gasteiger partial charge in [-0.1, -0.05) is 6.92 Å². The molecule has 3 heterocycles. The Morgan fingerprint density at radius 2 is 2.21 bits per heavy atom. The lowest BCUT2D eigenvalue weighted by atomic mass is 10.2. The third kappa shape index (κ3) is 2.01. The van der Waals surface area contributed by atoms with Gasteiger partial charge >= 0.3 is 0 Å². The molecule has 2 aromatic rings. The molecule has 2 aromatic heterocycles. The maximum Gasteiger partial charge on any atom is 0.148 e. The minimum absolute atomic E-state index is 0.696. The van der Waals surface area contributed by atoms with Crippen LogP contribution in [0.4, 0.5) is 11.6 Å². The molecular weight excluding hydrogens is 242 g/mol. The number of hydrogen-bond acceptors (Lipinski definition) is 6. The minimum Gasteiger partial charge on any atom is -0.347 e. The normalized spacial score (nSPS) is 14.3. The predicted molar refractivity (Wildman–Crippen MR) is 72.5 cm³/mol. The van der Waals surface area contributed by atoms with Crippen molar-refractivity contribution in [3.8, 4) is 0 Å². The second-order valence-corrected chi connectivity index (χ2v) is 4.48. The highest BCUT2D eigenvalue weighted by molar-refractivity contribution is 5.58. The molecule has 0 bridgehead atoms. The van der Waals surface area contributed by atoms with Gasteiger partial charge in [-0.3, -0.25) is 0 Å². The molecule has 7 heteroatoms. The zero-order chi connectivity index (χ0) is 13.2. The summed E-state index contributed by atoms with van der Waals surface area (Å²) in [5.41, 5.74) is 3.69. The molecule has 7 nitrogen and oxygen atoms in total. The van der Waals surface area contributed by atoms with Crippen molar-refractivity contribution >= 4 is 11.6 Å². The zero-order valence-corrected chi connectivity index (χ0v) is 10.9. The van der Waals surface area contributed by atoms with Gasteiger partial charge in [0.2, 0.25) is 0 Å². The fourth-order valence-electron chi connectivity index (χ4n) is 2.48. The SMILES string of the molecule is CCc1c(NN)ncnc1N1CCn2ccnc2C1.